The third-order valence-corrected chi connectivity index (χ3v) is 7.50. The summed E-state index contributed by atoms with van der Waals surface area (Å²) in [5.41, 5.74) is 2.36. The van der Waals surface area contributed by atoms with E-state index >= 15 is 4.39 Å². The zero-order valence-corrected chi connectivity index (χ0v) is 22.2. The summed E-state index contributed by atoms with van der Waals surface area (Å²) in [6, 6.07) is 13.5. The van der Waals surface area contributed by atoms with E-state index in [4.69, 9.17) is 9.47 Å². The Kier molecular flexibility index (Phi) is 9.70. The maximum atomic E-state index is 15.0. The Labute approximate surface area is 223 Å². The highest BCUT2D eigenvalue weighted by Gasteiger charge is 2.27. The van der Waals surface area contributed by atoms with Crippen molar-refractivity contribution in [2.45, 2.75) is 71.1 Å². The van der Waals surface area contributed by atoms with Crippen molar-refractivity contribution in [3.8, 4) is 22.6 Å². The van der Waals surface area contributed by atoms with Crippen LogP contribution in [0.2, 0.25) is 0 Å². The average Bonchev–Trinajstić information content (AvgIpc) is 2.93. The van der Waals surface area contributed by atoms with E-state index in [9.17, 15) is 13.2 Å². The van der Waals surface area contributed by atoms with Crippen LogP contribution in [0, 0.1) is 36.1 Å². The highest BCUT2D eigenvalue weighted by Crippen LogP contribution is 2.39. The van der Waals surface area contributed by atoms with Gasteiger partial charge in [-0.15, -0.1) is 0 Å². The van der Waals surface area contributed by atoms with Gasteiger partial charge in [-0.2, -0.15) is 8.78 Å². The van der Waals surface area contributed by atoms with E-state index < -0.39 is 23.3 Å². The molecule has 1 aliphatic rings. The standard InChI is InChI=1S/C32H36F4O2/c1-3-4-5-6-19-37-27-17-18-28(32(36)31(27)35)38-20-22-9-13-24(14-10-22)26-16-15-25(29(33)30(26)34)23-11-7-21(2)8-12-23/h7-8,11-12,15-18,22,24H,3-6,9-10,13-14,19-20H2,1-2H3. The minimum Gasteiger partial charge on any atom is -0.490 e. The van der Waals surface area contributed by atoms with Crippen molar-refractivity contribution in [3.05, 3.63) is 82.9 Å². The maximum absolute atomic E-state index is 15.0. The average molecular weight is 529 g/mol. The summed E-state index contributed by atoms with van der Waals surface area (Å²) in [5, 5.41) is 0. The van der Waals surface area contributed by atoms with Crippen molar-refractivity contribution in [1.29, 1.82) is 0 Å². The molecule has 0 aromatic heterocycles. The molecule has 0 atom stereocenters. The normalized spacial score (nSPS) is 17.4. The number of aryl methyl sites for hydroxylation is 1. The number of benzene rings is 3. The molecule has 3 aromatic carbocycles. The lowest BCUT2D eigenvalue weighted by Crippen LogP contribution is -2.20. The zero-order chi connectivity index (χ0) is 27.1. The molecule has 2 nitrogen and oxygen atoms in total. The Bertz CT molecular complexity index is 1200. The monoisotopic (exact) mass is 528 g/mol. The van der Waals surface area contributed by atoms with Gasteiger partial charge in [0.1, 0.15) is 0 Å². The molecule has 0 saturated heterocycles. The lowest BCUT2D eigenvalue weighted by molar-refractivity contribution is 0.190. The van der Waals surface area contributed by atoms with Crippen LogP contribution in [0.25, 0.3) is 11.1 Å². The van der Waals surface area contributed by atoms with Crippen LogP contribution in [-0.4, -0.2) is 13.2 Å². The first kappa shape index (κ1) is 28.0. The molecule has 6 heteroatoms. The Morgan fingerprint density at radius 1 is 0.684 bits per heavy atom. The number of rotatable bonds is 11. The van der Waals surface area contributed by atoms with Crippen molar-refractivity contribution in [2.75, 3.05) is 13.2 Å². The predicted molar refractivity (Wildman–Crippen MR) is 143 cm³/mol. The van der Waals surface area contributed by atoms with E-state index in [0.29, 0.717) is 30.6 Å². The van der Waals surface area contributed by atoms with Gasteiger partial charge in [0.25, 0.3) is 0 Å². The third kappa shape index (κ3) is 6.69. The fraction of sp³-hybridized carbons (Fsp3) is 0.438. The van der Waals surface area contributed by atoms with Crippen LogP contribution in [0.4, 0.5) is 17.6 Å². The van der Waals surface area contributed by atoms with Gasteiger partial charge in [-0.1, -0.05) is 68.1 Å². The van der Waals surface area contributed by atoms with E-state index in [0.717, 1.165) is 44.1 Å². The summed E-state index contributed by atoms with van der Waals surface area (Å²) in [4.78, 5) is 0. The van der Waals surface area contributed by atoms with Gasteiger partial charge in [-0.05, 0) is 74.1 Å². The third-order valence-electron chi connectivity index (χ3n) is 7.50. The molecule has 0 radical (unpaired) electrons. The fourth-order valence-electron chi connectivity index (χ4n) is 5.13. The molecular formula is C32H36F4O2. The molecule has 204 valence electrons. The maximum Gasteiger partial charge on any atom is 0.204 e. The van der Waals surface area contributed by atoms with E-state index in [1.54, 1.807) is 24.3 Å². The molecular weight excluding hydrogens is 492 g/mol. The number of halogens is 4. The summed E-state index contributed by atoms with van der Waals surface area (Å²) in [7, 11) is 0. The van der Waals surface area contributed by atoms with Crippen molar-refractivity contribution in [3.63, 3.8) is 0 Å². The first-order valence-corrected chi connectivity index (χ1v) is 13.7. The van der Waals surface area contributed by atoms with Crippen molar-refractivity contribution < 1.29 is 27.0 Å². The van der Waals surface area contributed by atoms with E-state index in [2.05, 4.69) is 6.92 Å². The van der Waals surface area contributed by atoms with E-state index in [1.165, 1.54) is 12.1 Å². The number of ether oxygens (including phenoxy) is 2. The van der Waals surface area contributed by atoms with Crippen LogP contribution in [0.3, 0.4) is 0 Å². The Morgan fingerprint density at radius 3 is 2.00 bits per heavy atom. The molecule has 0 aliphatic heterocycles. The Morgan fingerprint density at radius 2 is 1.34 bits per heavy atom. The lowest BCUT2D eigenvalue weighted by atomic mass is 9.78. The highest BCUT2D eigenvalue weighted by atomic mass is 19.2. The van der Waals surface area contributed by atoms with Gasteiger partial charge in [-0.25, -0.2) is 8.78 Å². The van der Waals surface area contributed by atoms with Gasteiger partial charge in [-0.3, -0.25) is 0 Å². The molecule has 0 unspecified atom stereocenters. The van der Waals surface area contributed by atoms with Gasteiger partial charge in [0, 0.05) is 5.56 Å². The molecule has 0 bridgehead atoms. The van der Waals surface area contributed by atoms with Crippen LogP contribution in [0.5, 0.6) is 11.5 Å². The van der Waals surface area contributed by atoms with Gasteiger partial charge < -0.3 is 9.47 Å². The molecule has 38 heavy (non-hydrogen) atoms. The lowest BCUT2D eigenvalue weighted by Gasteiger charge is -2.29. The van der Waals surface area contributed by atoms with Crippen LogP contribution in [0.15, 0.2) is 48.5 Å². The molecule has 0 N–H and O–H groups in total. The summed E-state index contributed by atoms with van der Waals surface area (Å²) in [5.74, 6) is -3.88. The molecule has 0 amide bonds. The first-order chi connectivity index (χ1) is 18.4. The quantitative estimate of drug-likeness (QED) is 0.182. The van der Waals surface area contributed by atoms with Crippen molar-refractivity contribution in [1.82, 2.24) is 0 Å². The van der Waals surface area contributed by atoms with Crippen LogP contribution in [0.1, 0.15) is 75.3 Å². The predicted octanol–water partition coefficient (Wildman–Crippen LogP) is 9.53. The van der Waals surface area contributed by atoms with Gasteiger partial charge >= 0.3 is 0 Å². The minimum absolute atomic E-state index is 0.0873. The topological polar surface area (TPSA) is 18.5 Å². The smallest absolute Gasteiger partial charge is 0.204 e. The van der Waals surface area contributed by atoms with E-state index in [1.807, 2.05) is 19.1 Å². The van der Waals surface area contributed by atoms with Crippen LogP contribution >= 0.6 is 0 Å². The van der Waals surface area contributed by atoms with Gasteiger partial charge in [0.2, 0.25) is 11.6 Å². The SMILES string of the molecule is CCCCCCOc1ccc(OCC2CCC(c3ccc(-c4ccc(C)cc4)c(F)c3F)CC2)c(F)c1F. The summed E-state index contributed by atoms with van der Waals surface area (Å²) in [6.45, 7) is 4.64. The van der Waals surface area contributed by atoms with Crippen LogP contribution in [-0.2, 0) is 0 Å². The number of unbranched alkanes of at least 4 members (excludes halogenated alkanes) is 3. The summed E-state index contributed by atoms with van der Waals surface area (Å²) >= 11 is 0. The molecule has 0 heterocycles. The molecule has 1 saturated carbocycles. The second-order valence-electron chi connectivity index (χ2n) is 10.3. The Hall–Kier alpha value is -3.02. The molecule has 0 spiro atoms. The molecule has 1 aliphatic carbocycles. The molecule has 3 aromatic rings. The molecule has 4 rings (SSSR count). The zero-order valence-electron chi connectivity index (χ0n) is 22.2. The first-order valence-electron chi connectivity index (χ1n) is 13.7. The van der Waals surface area contributed by atoms with Crippen molar-refractivity contribution in [2.24, 2.45) is 5.92 Å². The van der Waals surface area contributed by atoms with Gasteiger partial charge in [0.15, 0.2) is 23.1 Å². The highest BCUT2D eigenvalue weighted by molar-refractivity contribution is 5.65. The fourth-order valence-corrected chi connectivity index (χ4v) is 5.13. The summed E-state index contributed by atoms with van der Waals surface area (Å²) in [6.07, 6.45) is 6.78. The van der Waals surface area contributed by atoms with Crippen molar-refractivity contribution >= 4 is 0 Å². The second-order valence-corrected chi connectivity index (χ2v) is 10.3. The largest absolute Gasteiger partial charge is 0.490 e. The minimum atomic E-state index is -1.05. The number of hydrogen-bond donors (Lipinski definition) is 0. The Balaban J connectivity index is 1.30. The van der Waals surface area contributed by atoms with E-state index in [-0.39, 0.29) is 35.5 Å². The number of hydrogen-bond acceptors (Lipinski definition) is 2. The van der Waals surface area contributed by atoms with Gasteiger partial charge in [0.05, 0.1) is 13.2 Å². The molecule has 1 fully saturated rings. The second kappa shape index (κ2) is 13.2. The van der Waals surface area contributed by atoms with Crippen LogP contribution < -0.4 is 9.47 Å². The summed E-state index contributed by atoms with van der Waals surface area (Å²) < 4.78 is 69.9.